The maximum absolute atomic E-state index is 12.1. The zero-order valence-electron chi connectivity index (χ0n) is 17.2. The van der Waals surface area contributed by atoms with Crippen LogP contribution in [-0.2, 0) is 11.3 Å². The molecule has 0 spiro atoms. The van der Waals surface area contributed by atoms with Crippen LogP contribution in [-0.4, -0.2) is 55.5 Å². The average Bonchev–Trinajstić information content (AvgIpc) is 3.18. The topological polar surface area (TPSA) is 78.9 Å². The van der Waals surface area contributed by atoms with Crippen LogP contribution >= 0.6 is 22.9 Å². The Morgan fingerprint density at radius 3 is 2.72 bits per heavy atom. The number of rotatable bonds is 9. The summed E-state index contributed by atoms with van der Waals surface area (Å²) < 4.78 is 5.32. The fraction of sp³-hybridized carbons (Fsp3) is 0.450. The largest absolute Gasteiger partial charge is 0.375 e. The van der Waals surface area contributed by atoms with Gasteiger partial charge in [-0.15, -0.1) is 11.3 Å². The van der Waals surface area contributed by atoms with Gasteiger partial charge < -0.3 is 20.3 Å². The number of carbonyl (C=O) groups excluding carboxylic acids is 1. The lowest BCUT2D eigenvalue weighted by Crippen LogP contribution is -2.39. The molecule has 2 N–H and O–H groups in total. The van der Waals surface area contributed by atoms with Crippen LogP contribution in [0.5, 0.6) is 0 Å². The number of benzene rings is 1. The summed E-state index contributed by atoms with van der Waals surface area (Å²) in [6.45, 7) is 6.30. The van der Waals surface area contributed by atoms with Gasteiger partial charge in [0.05, 0.1) is 18.8 Å². The van der Waals surface area contributed by atoms with E-state index >= 15 is 0 Å². The van der Waals surface area contributed by atoms with E-state index in [2.05, 4.69) is 20.6 Å². The highest BCUT2D eigenvalue weighted by Crippen LogP contribution is 2.20. The molecule has 1 atom stereocenters. The predicted octanol–water partition coefficient (Wildman–Crippen LogP) is 3.33. The molecule has 1 aromatic heterocycles. The van der Waals surface area contributed by atoms with E-state index in [4.69, 9.17) is 16.3 Å². The van der Waals surface area contributed by atoms with Gasteiger partial charge in [0.15, 0.2) is 5.96 Å². The van der Waals surface area contributed by atoms with E-state index in [1.807, 2.05) is 31.2 Å². The minimum atomic E-state index is -0.141. The van der Waals surface area contributed by atoms with Crippen molar-refractivity contribution in [3.63, 3.8) is 0 Å². The quantitative estimate of drug-likeness (QED) is 0.357. The third-order valence-corrected chi connectivity index (χ3v) is 5.44. The second kappa shape index (κ2) is 11.7. The van der Waals surface area contributed by atoms with Gasteiger partial charge in [0.2, 0.25) is 0 Å². The Labute approximate surface area is 181 Å². The molecule has 2 aromatic rings. The van der Waals surface area contributed by atoms with E-state index in [0.29, 0.717) is 30.2 Å². The summed E-state index contributed by atoms with van der Waals surface area (Å²) in [5, 5.41) is 9.74. The smallest absolute Gasteiger partial charge is 0.251 e. The molecule has 0 fully saturated rings. The van der Waals surface area contributed by atoms with E-state index in [0.717, 1.165) is 23.2 Å². The number of ether oxygens (including phenoxy) is 1. The molecule has 9 heteroatoms. The van der Waals surface area contributed by atoms with E-state index in [9.17, 15) is 4.79 Å². The number of aliphatic imine (C=N–C) groups is 1. The zero-order chi connectivity index (χ0) is 21.2. The fourth-order valence-electron chi connectivity index (χ4n) is 2.50. The number of thiazole rings is 1. The van der Waals surface area contributed by atoms with Crippen LogP contribution < -0.4 is 10.6 Å². The normalized spacial score (nSPS) is 12.5. The number of nitrogens with zero attached hydrogens (tertiary/aromatic N) is 3. The van der Waals surface area contributed by atoms with Gasteiger partial charge in [-0.05, 0) is 38.1 Å². The third-order valence-electron chi connectivity index (χ3n) is 4.13. The molecule has 1 heterocycles. The lowest BCUT2D eigenvalue weighted by atomic mass is 10.2. The number of hydrogen-bond acceptors (Lipinski definition) is 5. The molecule has 0 saturated carbocycles. The summed E-state index contributed by atoms with van der Waals surface area (Å²) in [5.41, 5.74) is 1.55. The van der Waals surface area contributed by atoms with Crippen molar-refractivity contribution in [2.45, 2.75) is 26.5 Å². The van der Waals surface area contributed by atoms with Crippen LogP contribution in [0.4, 0.5) is 0 Å². The number of guanidine groups is 1. The first kappa shape index (κ1) is 23.1. The SMILES string of the molecule is CCNC(=NCCNC(=O)c1ccc(Cl)cc1)N(C)Cc1csc(C(C)OC)n1. The van der Waals surface area contributed by atoms with Crippen molar-refractivity contribution >= 4 is 34.8 Å². The monoisotopic (exact) mass is 437 g/mol. The van der Waals surface area contributed by atoms with Crippen molar-refractivity contribution in [3.05, 3.63) is 50.9 Å². The van der Waals surface area contributed by atoms with E-state index in [1.165, 1.54) is 0 Å². The Balaban J connectivity index is 1.88. The Hall–Kier alpha value is -2.16. The van der Waals surface area contributed by atoms with Gasteiger partial charge in [-0.2, -0.15) is 0 Å². The molecule has 1 unspecified atom stereocenters. The molecular weight excluding hydrogens is 410 g/mol. The van der Waals surface area contributed by atoms with Crippen LogP contribution in [0.25, 0.3) is 0 Å². The fourth-order valence-corrected chi connectivity index (χ4v) is 3.47. The first-order valence-corrected chi connectivity index (χ1v) is 10.7. The lowest BCUT2D eigenvalue weighted by Gasteiger charge is -2.21. The number of carbonyl (C=O) groups is 1. The number of amides is 1. The van der Waals surface area contributed by atoms with Crippen LogP contribution in [0.3, 0.4) is 0 Å². The Morgan fingerprint density at radius 2 is 2.07 bits per heavy atom. The van der Waals surface area contributed by atoms with Crippen molar-refractivity contribution in [1.29, 1.82) is 0 Å². The van der Waals surface area contributed by atoms with E-state index in [1.54, 1.807) is 42.7 Å². The molecule has 1 amide bonds. The molecule has 0 aliphatic carbocycles. The van der Waals surface area contributed by atoms with E-state index in [-0.39, 0.29) is 12.0 Å². The summed E-state index contributed by atoms with van der Waals surface area (Å²) in [7, 11) is 3.64. The second-order valence-corrected chi connectivity index (χ2v) is 7.74. The second-order valence-electron chi connectivity index (χ2n) is 6.41. The number of methoxy groups -OCH3 is 1. The average molecular weight is 438 g/mol. The predicted molar refractivity (Wildman–Crippen MR) is 119 cm³/mol. The maximum Gasteiger partial charge on any atom is 0.251 e. The molecule has 0 saturated heterocycles. The molecule has 7 nitrogen and oxygen atoms in total. The highest BCUT2D eigenvalue weighted by Gasteiger charge is 2.12. The molecule has 158 valence electrons. The zero-order valence-corrected chi connectivity index (χ0v) is 18.8. The van der Waals surface area contributed by atoms with Crippen molar-refractivity contribution < 1.29 is 9.53 Å². The van der Waals surface area contributed by atoms with Gasteiger partial charge in [0.25, 0.3) is 5.91 Å². The summed E-state index contributed by atoms with van der Waals surface area (Å²) in [6.07, 6.45) is -0.00906. The standard InChI is InChI=1S/C20H28ClN5O2S/c1-5-22-20(26(3)12-17-13-29-19(25-17)14(2)28-4)24-11-10-23-18(27)15-6-8-16(21)9-7-15/h6-9,13-14H,5,10-12H2,1-4H3,(H,22,24)(H,23,27). The van der Waals surface area contributed by atoms with Gasteiger partial charge in [-0.25, -0.2) is 4.98 Å². The summed E-state index contributed by atoms with van der Waals surface area (Å²) in [6, 6.07) is 6.80. The Bertz CT molecular complexity index is 809. The van der Waals surface area contributed by atoms with Gasteiger partial charge in [0.1, 0.15) is 11.1 Å². The molecule has 0 bridgehead atoms. The highest BCUT2D eigenvalue weighted by molar-refractivity contribution is 7.09. The number of aromatic nitrogens is 1. The molecule has 1 aromatic carbocycles. The molecule has 0 aliphatic heterocycles. The van der Waals surface area contributed by atoms with Crippen LogP contribution in [0.1, 0.15) is 41.0 Å². The molecule has 2 rings (SSSR count). The molecule has 0 aliphatic rings. The summed E-state index contributed by atoms with van der Waals surface area (Å²) >= 11 is 7.44. The van der Waals surface area contributed by atoms with Gasteiger partial charge in [-0.1, -0.05) is 11.6 Å². The van der Waals surface area contributed by atoms with Gasteiger partial charge in [0, 0.05) is 43.2 Å². The van der Waals surface area contributed by atoms with Crippen LogP contribution in [0.15, 0.2) is 34.6 Å². The molecule has 29 heavy (non-hydrogen) atoms. The van der Waals surface area contributed by atoms with Crippen LogP contribution in [0, 0.1) is 0 Å². The Morgan fingerprint density at radius 1 is 1.34 bits per heavy atom. The van der Waals surface area contributed by atoms with Crippen molar-refractivity contribution in [1.82, 2.24) is 20.5 Å². The number of nitrogens with one attached hydrogen (secondary N) is 2. The van der Waals surface area contributed by atoms with Gasteiger partial charge in [-0.3, -0.25) is 9.79 Å². The maximum atomic E-state index is 12.1. The van der Waals surface area contributed by atoms with Crippen molar-refractivity contribution in [2.75, 3.05) is 33.8 Å². The highest BCUT2D eigenvalue weighted by atomic mass is 35.5. The summed E-state index contributed by atoms with van der Waals surface area (Å²) in [5.74, 6) is 0.625. The van der Waals surface area contributed by atoms with Crippen molar-refractivity contribution in [2.24, 2.45) is 4.99 Å². The lowest BCUT2D eigenvalue weighted by molar-refractivity contribution is 0.0954. The third kappa shape index (κ3) is 7.30. The first-order valence-electron chi connectivity index (χ1n) is 9.44. The summed E-state index contributed by atoms with van der Waals surface area (Å²) in [4.78, 5) is 23.4. The number of halogens is 1. The minimum absolute atomic E-state index is 0.00906. The minimum Gasteiger partial charge on any atom is -0.375 e. The van der Waals surface area contributed by atoms with E-state index < -0.39 is 0 Å². The number of hydrogen-bond donors (Lipinski definition) is 2. The Kier molecular flexibility index (Phi) is 9.37. The first-order chi connectivity index (χ1) is 13.9. The van der Waals surface area contributed by atoms with Gasteiger partial charge >= 0.3 is 0 Å². The van der Waals surface area contributed by atoms with Crippen LogP contribution in [0.2, 0.25) is 5.02 Å². The van der Waals surface area contributed by atoms with Crippen molar-refractivity contribution in [3.8, 4) is 0 Å². The molecule has 0 radical (unpaired) electrons. The molecular formula is C20H28ClN5O2S.